The van der Waals surface area contributed by atoms with Crippen LogP contribution in [0.25, 0.3) is 0 Å². The number of aliphatic hydroxyl groups excluding tert-OH is 1. The van der Waals surface area contributed by atoms with Crippen molar-refractivity contribution in [2.75, 3.05) is 0 Å². The first-order chi connectivity index (χ1) is 20.6. The van der Waals surface area contributed by atoms with Crippen molar-refractivity contribution < 1.29 is 24.1 Å². The van der Waals surface area contributed by atoms with Gasteiger partial charge in [-0.2, -0.15) is 0 Å². The van der Waals surface area contributed by atoms with Crippen LogP contribution in [-0.4, -0.2) is 11.2 Å². The summed E-state index contributed by atoms with van der Waals surface area (Å²) in [5.41, 5.74) is 5.93. The molecule has 1 aliphatic rings. The van der Waals surface area contributed by atoms with E-state index in [0.717, 1.165) is 44.9 Å². The van der Waals surface area contributed by atoms with Crippen LogP contribution in [0.2, 0.25) is 0 Å². The molecule has 0 fully saturated rings. The summed E-state index contributed by atoms with van der Waals surface area (Å²) in [6.45, 7) is 3.28. The number of aryl methyl sites for hydroxylation is 1. The van der Waals surface area contributed by atoms with Gasteiger partial charge in [-0.15, -0.1) is 0 Å². The lowest BCUT2D eigenvalue weighted by molar-refractivity contribution is 0.0194. The molecule has 0 aromatic heterocycles. The Morgan fingerprint density at radius 2 is 1.14 bits per heavy atom. The second-order valence-electron chi connectivity index (χ2n) is 10.6. The third-order valence-corrected chi connectivity index (χ3v) is 7.34. The van der Waals surface area contributed by atoms with Crippen LogP contribution >= 0.6 is 0 Å². The number of aliphatic hydroxyl groups is 1. The van der Waals surface area contributed by atoms with Gasteiger partial charge in [0.15, 0.2) is 11.5 Å². The van der Waals surface area contributed by atoms with Crippen molar-refractivity contribution >= 4 is 0 Å². The molecule has 2 atom stereocenters. The van der Waals surface area contributed by atoms with Crippen molar-refractivity contribution in [1.82, 2.24) is 0 Å². The number of rotatable bonds is 10. The van der Waals surface area contributed by atoms with Gasteiger partial charge < -0.3 is 24.1 Å². The standard InChI is InChI=1S/C37H34O5/c1-26-19-34(40-24-28-13-7-3-8-14-28)31-22-32(38)37(42-35(31)20-26)30-17-18-33(39-23-27-11-5-2-6-12-27)36(21-30)41-25-29-15-9-4-10-16-29/h2-21,32,37-38H,22-25H2,1H3/t32-,37-/m1/s1. The van der Waals surface area contributed by atoms with Crippen LogP contribution in [0.4, 0.5) is 0 Å². The molecule has 1 heterocycles. The van der Waals surface area contributed by atoms with Crippen LogP contribution in [0.15, 0.2) is 121 Å². The predicted molar refractivity (Wildman–Crippen MR) is 163 cm³/mol. The van der Waals surface area contributed by atoms with Crippen molar-refractivity contribution in [2.24, 2.45) is 0 Å². The summed E-state index contributed by atoms with van der Waals surface area (Å²) >= 11 is 0. The molecule has 5 aromatic rings. The number of hydrogen-bond donors (Lipinski definition) is 1. The molecule has 1 aliphatic heterocycles. The van der Waals surface area contributed by atoms with Crippen LogP contribution in [0.5, 0.6) is 23.0 Å². The van der Waals surface area contributed by atoms with Gasteiger partial charge in [-0.3, -0.25) is 0 Å². The SMILES string of the molecule is Cc1cc(OCc2ccccc2)c2c(c1)O[C@H](c1ccc(OCc3ccccc3)c(OCc3ccccc3)c1)[C@H](O)C2. The van der Waals surface area contributed by atoms with Gasteiger partial charge in [0.2, 0.25) is 0 Å². The second-order valence-corrected chi connectivity index (χ2v) is 10.6. The van der Waals surface area contributed by atoms with Crippen LogP contribution in [-0.2, 0) is 26.2 Å². The monoisotopic (exact) mass is 558 g/mol. The molecule has 0 radical (unpaired) electrons. The zero-order valence-corrected chi connectivity index (χ0v) is 23.6. The minimum absolute atomic E-state index is 0.393. The number of fused-ring (bicyclic) bond motifs is 1. The number of benzene rings is 5. The third-order valence-electron chi connectivity index (χ3n) is 7.34. The average Bonchev–Trinajstić information content (AvgIpc) is 3.03. The molecular formula is C37H34O5. The van der Waals surface area contributed by atoms with E-state index in [2.05, 4.69) is 0 Å². The van der Waals surface area contributed by atoms with Gasteiger partial charge >= 0.3 is 0 Å². The molecule has 6 rings (SSSR count). The summed E-state index contributed by atoms with van der Waals surface area (Å²) in [4.78, 5) is 0. The van der Waals surface area contributed by atoms with Crippen molar-refractivity contribution in [3.05, 3.63) is 155 Å². The Bertz CT molecular complexity index is 1600. The van der Waals surface area contributed by atoms with Crippen LogP contribution in [0.3, 0.4) is 0 Å². The molecule has 5 nitrogen and oxygen atoms in total. The van der Waals surface area contributed by atoms with Gasteiger partial charge in [-0.25, -0.2) is 0 Å². The van der Waals surface area contributed by atoms with Gasteiger partial charge in [-0.1, -0.05) is 97.1 Å². The maximum atomic E-state index is 11.3. The van der Waals surface area contributed by atoms with E-state index in [9.17, 15) is 5.11 Å². The third kappa shape index (κ3) is 6.59. The van der Waals surface area contributed by atoms with Gasteiger partial charge in [0.25, 0.3) is 0 Å². The highest BCUT2D eigenvalue weighted by atomic mass is 16.5. The van der Waals surface area contributed by atoms with E-state index in [1.807, 2.05) is 128 Å². The molecule has 0 aliphatic carbocycles. The second kappa shape index (κ2) is 12.8. The van der Waals surface area contributed by atoms with Crippen molar-refractivity contribution in [3.8, 4) is 23.0 Å². The Morgan fingerprint density at radius 1 is 0.619 bits per heavy atom. The highest BCUT2D eigenvalue weighted by Crippen LogP contribution is 2.42. The summed E-state index contributed by atoms with van der Waals surface area (Å²) in [5.74, 6) is 2.70. The smallest absolute Gasteiger partial charge is 0.162 e. The normalized spacial score (nSPS) is 15.8. The van der Waals surface area contributed by atoms with Gasteiger partial charge in [0.1, 0.15) is 37.4 Å². The highest BCUT2D eigenvalue weighted by Gasteiger charge is 2.33. The summed E-state index contributed by atoms with van der Waals surface area (Å²) < 4.78 is 25.1. The molecule has 0 unspecified atom stereocenters. The molecule has 0 saturated heterocycles. The largest absolute Gasteiger partial charge is 0.488 e. The van der Waals surface area contributed by atoms with Gasteiger partial charge in [-0.05, 0) is 59.0 Å². The Kier molecular flexibility index (Phi) is 8.38. The molecule has 0 spiro atoms. The highest BCUT2D eigenvalue weighted by molar-refractivity contribution is 5.51. The van der Waals surface area contributed by atoms with Crippen LogP contribution in [0, 0.1) is 6.92 Å². The summed E-state index contributed by atoms with van der Waals surface area (Å²) in [6, 6.07) is 39.9. The van der Waals surface area contributed by atoms with E-state index in [-0.39, 0.29) is 0 Å². The quantitative estimate of drug-likeness (QED) is 0.190. The Labute approximate surface area is 246 Å². The molecule has 212 valence electrons. The Morgan fingerprint density at radius 3 is 1.71 bits per heavy atom. The molecule has 0 amide bonds. The zero-order chi connectivity index (χ0) is 28.7. The van der Waals surface area contributed by atoms with E-state index in [0.29, 0.717) is 37.7 Å². The fourth-order valence-electron chi connectivity index (χ4n) is 5.15. The van der Waals surface area contributed by atoms with E-state index >= 15 is 0 Å². The van der Waals surface area contributed by atoms with E-state index in [1.54, 1.807) is 0 Å². The first kappa shape index (κ1) is 27.4. The molecular weight excluding hydrogens is 524 g/mol. The fourth-order valence-corrected chi connectivity index (χ4v) is 5.15. The molecule has 5 heteroatoms. The first-order valence-corrected chi connectivity index (χ1v) is 14.2. The topological polar surface area (TPSA) is 57.2 Å². The molecule has 0 saturated carbocycles. The maximum absolute atomic E-state index is 11.3. The lowest BCUT2D eigenvalue weighted by Gasteiger charge is -2.32. The van der Waals surface area contributed by atoms with Crippen LogP contribution < -0.4 is 18.9 Å². The minimum atomic E-state index is -0.766. The minimum Gasteiger partial charge on any atom is -0.488 e. The molecule has 42 heavy (non-hydrogen) atoms. The van der Waals surface area contributed by atoms with E-state index in [1.165, 1.54) is 0 Å². The Hall–Kier alpha value is -4.74. The average molecular weight is 559 g/mol. The molecule has 1 N–H and O–H groups in total. The zero-order valence-electron chi connectivity index (χ0n) is 23.6. The summed E-state index contributed by atoms with van der Waals surface area (Å²) in [7, 11) is 0. The Balaban J connectivity index is 1.24. The van der Waals surface area contributed by atoms with Crippen LogP contribution in [0.1, 0.15) is 39.5 Å². The summed E-state index contributed by atoms with van der Waals surface area (Å²) in [6.07, 6.45) is -0.919. The van der Waals surface area contributed by atoms with E-state index in [4.69, 9.17) is 18.9 Å². The lowest BCUT2D eigenvalue weighted by atomic mass is 9.93. The van der Waals surface area contributed by atoms with Crippen molar-refractivity contribution in [3.63, 3.8) is 0 Å². The van der Waals surface area contributed by atoms with E-state index < -0.39 is 12.2 Å². The van der Waals surface area contributed by atoms with Gasteiger partial charge in [0, 0.05) is 12.0 Å². The fraction of sp³-hybridized carbons (Fsp3) is 0.189. The summed E-state index contributed by atoms with van der Waals surface area (Å²) in [5, 5.41) is 11.3. The lowest BCUT2D eigenvalue weighted by Crippen LogP contribution is -2.30. The number of hydrogen-bond acceptors (Lipinski definition) is 5. The van der Waals surface area contributed by atoms with Gasteiger partial charge in [0.05, 0.1) is 6.10 Å². The molecule has 5 aromatic carbocycles. The number of ether oxygens (including phenoxy) is 4. The maximum Gasteiger partial charge on any atom is 0.162 e. The first-order valence-electron chi connectivity index (χ1n) is 14.2. The predicted octanol–water partition coefficient (Wildman–Crippen LogP) is 7.77. The molecule has 0 bridgehead atoms. The van der Waals surface area contributed by atoms with Crippen molar-refractivity contribution in [1.29, 1.82) is 0 Å². The van der Waals surface area contributed by atoms with Crippen molar-refractivity contribution in [2.45, 2.75) is 45.4 Å².